The molecule has 2 saturated carbocycles. The molecule has 2 N–H and O–H groups in total. The van der Waals surface area contributed by atoms with Crippen molar-refractivity contribution in [1.82, 2.24) is 10.6 Å². The van der Waals surface area contributed by atoms with Gasteiger partial charge in [-0.15, -0.1) is 0 Å². The molecule has 0 spiro atoms. The second-order valence-corrected chi connectivity index (χ2v) is 8.88. The summed E-state index contributed by atoms with van der Waals surface area (Å²) in [5.41, 5.74) is 1.24. The Hall–Kier alpha value is -1.36. The number of carbonyl (C=O) groups is 2. The van der Waals surface area contributed by atoms with E-state index < -0.39 is 0 Å². The first-order valence-corrected chi connectivity index (χ1v) is 9.88. The van der Waals surface area contributed by atoms with Crippen LogP contribution in [-0.2, 0) is 4.79 Å². The second-order valence-electron chi connectivity index (χ2n) is 8.10. The molecule has 3 unspecified atom stereocenters. The zero-order chi connectivity index (χ0) is 17.4. The predicted octanol–water partition coefficient (Wildman–Crippen LogP) is 3.59. The number of hydrogen-bond acceptors (Lipinski definition) is 3. The average Bonchev–Trinajstić information content (AvgIpc) is 3.18. The molecule has 0 aliphatic heterocycles. The van der Waals surface area contributed by atoms with E-state index >= 15 is 0 Å². The zero-order valence-electron chi connectivity index (χ0n) is 14.9. The molecular formula is C19H28N2O2S. The summed E-state index contributed by atoms with van der Waals surface area (Å²) in [6.45, 7) is 7.60. The smallest absolute Gasteiger partial charge is 0.252 e. The number of hydrogen-bond donors (Lipinski definition) is 2. The van der Waals surface area contributed by atoms with Crippen molar-refractivity contribution in [2.75, 3.05) is 6.54 Å². The Morgan fingerprint density at radius 2 is 2.12 bits per heavy atom. The molecule has 1 aromatic rings. The lowest BCUT2D eigenvalue weighted by Crippen LogP contribution is -2.46. The van der Waals surface area contributed by atoms with E-state index in [1.54, 1.807) is 0 Å². The molecule has 1 aromatic heterocycles. The third-order valence-electron chi connectivity index (χ3n) is 6.78. The number of amides is 2. The van der Waals surface area contributed by atoms with Crippen LogP contribution in [0.4, 0.5) is 0 Å². The van der Waals surface area contributed by atoms with Crippen molar-refractivity contribution in [3.63, 3.8) is 0 Å². The van der Waals surface area contributed by atoms with Gasteiger partial charge in [-0.25, -0.2) is 0 Å². The Labute approximate surface area is 148 Å². The highest BCUT2D eigenvalue weighted by Crippen LogP contribution is 2.65. The third kappa shape index (κ3) is 2.99. The van der Waals surface area contributed by atoms with E-state index in [0.717, 1.165) is 12.3 Å². The van der Waals surface area contributed by atoms with E-state index in [1.165, 1.54) is 24.2 Å². The quantitative estimate of drug-likeness (QED) is 0.772. The van der Waals surface area contributed by atoms with Crippen molar-refractivity contribution in [2.24, 2.45) is 16.7 Å². The molecule has 2 bridgehead atoms. The fraction of sp³-hybridized carbons (Fsp3) is 0.684. The zero-order valence-corrected chi connectivity index (χ0v) is 15.7. The number of rotatable bonds is 6. The maximum absolute atomic E-state index is 12.3. The van der Waals surface area contributed by atoms with Crippen LogP contribution in [0.1, 0.15) is 63.2 Å². The Kier molecular flexibility index (Phi) is 4.73. The Morgan fingerprint density at radius 3 is 2.71 bits per heavy atom. The summed E-state index contributed by atoms with van der Waals surface area (Å²) in [6.07, 6.45) is 4.78. The lowest BCUT2D eigenvalue weighted by Gasteiger charge is -2.39. The van der Waals surface area contributed by atoms with Gasteiger partial charge in [-0.3, -0.25) is 9.59 Å². The molecule has 2 aliphatic rings. The molecule has 4 nitrogen and oxygen atoms in total. The minimum absolute atomic E-state index is 0.0565. The second kappa shape index (κ2) is 6.51. The molecule has 0 saturated heterocycles. The van der Waals surface area contributed by atoms with Crippen LogP contribution in [0, 0.1) is 16.7 Å². The van der Waals surface area contributed by atoms with E-state index in [1.807, 2.05) is 16.8 Å². The molecule has 5 heteroatoms. The van der Waals surface area contributed by atoms with Gasteiger partial charge in [0.05, 0.1) is 0 Å². The number of thiophene rings is 1. The van der Waals surface area contributed by atoms with Crippen molar-refractivity contribution in [3.8, 4) is 0 Å². The molecule has 2 amide bonds. The van der Waals surface area contributed by atoms with E-state index in [4.69, 9.17) is 0 Å². The standard InChI is InChI=1S/C19H28N2O2S/c1-18(2)14-6-8-19(18,3)15(11-14)21-16(22)5-4-9-20-17(23)13-7-10-24-12-13/h7,10,12,14-15H,4-6,8-9,11H2,1-3H3,(H,20,23)(H,21,22). The first-order valence-electron chi connectivity index (χ1n) is 8.94. The number of fused-ring (bicyclic) bond motifs is 2. The molecule has 132 valence electrons. The lowest BCUT2D eigenvalue weighted by atomic mass is 9.69. The summed E-state index contributed by atoms with van der Waals surface area (Å²) in [7, 11) is 0. The minimum atomic E-state index is -0.0565. The van der Waals surface area contributed by atoms with Gasteiger partial charge in [0.15, 0.2) is 0 Å². The van der Waals surface area contributed by atoms with Crippen LogP contribution >= 0.6 is 11.3 Å². The summed E-state index contributed by atoms with van der Waals surface area (Å²) in [4.78, 5) is 24.1. The van der Waals surface area contributed by atoms with E-state index in [9.17, 15) is 9.59 Å². The average molecular weight is 349 g/mol. The highest BCUT2D eigenvalue weighted by atomic mass is 32.1. The molecular weight excluding hydrogens is 320 g/mol. The molecule has 1 heterocycles. The van der Waals surface area contributed by atoms with Crippen LogP contribution in [0.25, 0.3) is 0 Å². The van der Waals surface area contributed by atoms with Crippen molar-refractivity contribution in [3.05, 3.63) is 22.4 Å². The van der Waals surface area contributed by atoms with Gasteiger partial charge in [0.1, 0.15) is 0 Å². The SMILES string of the molecule is CC1(C)C2CCC1(C)C(NC(=O)CCCNC(=O)c1ccsc1)C2. The van der Waals surface area contributed by atoms with Gasteiger partial charge >= 0.3 is 0 Å². The molecule has 0 radical (unpaired) electrons. The lowest BCUT2D eigenvalue weighted by molar-refractivity contribution is -0.122. The molecule has 24 heavy (non-hydrogen) atoms. The van der Waals surface area contributed by atoms with Crippen molar-refractivity contribution in [1.29, 1.82) is 0 Å². The van der Waals surface area contributed by atoms with Gasteiger partial charge in [-0.2, -0.15) is 11.3 Å². The monoisotopic (exact) mass is 348 g/mol. The Morgan fingerprint density at radius 1 is 1.33 bits per heavy atom. The Bertz CT molecular complexity index is 611. The fourth-order valence-corrected chi connectivity index (χ4v) is 5.27. The summed E-state index contributed by atoms with van der Waals surface area (Å²) in [5.74, 6) is 0.797. The van der Waals surface area contributed by atoms with Gasteiger partial charge in [0.2, 0.25) is 5.91 Å². The molecule has 0 aromatic carbocycles. The number of carbonyl (C=O) groups excluding carboxylic acids is 2. The predicted molar refractivity (Wildman–Crippen MR) is 97.0 cm³/mol. The fourth-order valence-electron chi connectivity index (χ4n) is 4.64. The van der Waals surface area contributed by atoms with Gasteiger partial charge in [0.25, 0.3) is 5.91 Å². The molecule has 3 atom stereocenters. The normalized spacial score (nSPS) is 30.3. The maximum Gasteiger partial charge on any atom is 0.252 e. The number of nitrogens with one attached hydrogen (secondary N) is 2. The van der Waals surface area contributed by atoms with Crippen molar-refractivity contribution >= 4 is 23.2 Å². The van der Waals surface area contributed by atoms with Crippen LogP contribution in [0.5, 0.6) is 0 Å². The topological polar surface area (TPSA) is 58.2 Å². The van der Waals surface area contributed by atoms with Crippen molar-refractivity contribution in [2.45, 2.75) is 58.9 Å². The highest BCUT2D eigenvalue weighted by molar-refractivity contribution is 7.08. The Balaban J connectivity index is 1.40. The maximum atomic E-state index is 12.3. The molecule has 3 rings (SSSR count). The summed E-state index contributed by atoms with van der Waals surface area (Å²) < 4.78 is 0. The molecule has 2 aliphatic carbocycles. The van der Waals surface area contributed by atoms with Crippen LogP contribution in [0.2, 0.25) is 0 Å². The summed E-state index contributed by atoms with van der Waals surface area (Å²) in [6, 6.07) is 2.11. The van der Waals surface area contributed by atoms with Crippen LogP contribution < -0.4 is 10.6 Å². The van der Waals surface area contributed by atoms with Crippen molar-refractivity contribution < 1.29 is 9.59 Å². The van der Waals surface area contributed by atoms with E-state index in [-0.39, 0.29) is 17.2 Å². The van der Waals surface area contributed by atoms with E-state index in [2.05, 4.69) is 31.4 Å². The largest absolute Gasteiger partial charge is 0.353 e. The van der Waals surface area contributed by atoms with Gasteiger partial charge in [0, 0.05) is 30.0 Å². The first-order chi connectivity index (χ1) is 11.3. The highest BCUT2D eigenvalue weighted by Gasteiger charge is 2.61. The van der Waals surface area contributed by atoms with Crippen LogP contribution in [-0.4, -0.2) is 24.4 Å². The van der Waals surface area contributed by atoms with Gasteiger partial charge < -0.3 is 10.6 Å². The summed E-state index contributed by atoms with van der Waals surface area (Å²) >= 11 is 1.51. The van der Waals surface area contributed by atoms with Gasteiger partial charge in [-0.1, -0.05) is 20.8 Å². The third-order valence-corrected chi connectivity index (χ3v) is 7.46. The minimum Gasteiger partial charge on any atom is -0.353 e. The first kappa shape index (κ1) is 17.5. The van der Waals surface area contributed by atoms with E-state index in [0.29, 0.717) is 36.4 Å². The van der Waals surface area contributed by atoms with Gasteiger partial charge in [-0.05, 0) is 53.9 Å². The van der Waals surface area contributed by atoms with Crippen LogP contribution in [0.15, 0.2) is 16.8 Å². The van der Waals surface area contributed by atoms with Crippen LogP contribution in [0.3, 0.4) is 0 Å². The summed E-state index contributed by atoms with van der Waals surface area (Å²) in [5, 5.41) is 9.86. The molecule has 2 fully saturated rings.